The summed E-state index contributed by atoms with van der Waals surface area (Å²) in [5.74, 6) is 0.479. The molecule has 0 N–H and O–H groups in total. The van der Waals surface area contributed by atoms with Crippen LogP contribution in [0, 0.1) is 11.8 Å². The maximum absolute atomic E-state index is 12.1. The number of hydrogen-bond donors (Lipinski definition) is 0. The molecule has 2 amide bonds. The average Bonchev–Trinajstić information content (AvgIpc) is 2.60. The van der Waals surface area contributed by atoms with Crippen LogP contribution in [0.4, 0.5) is 4.79 Å². The van der Waals surface area contributed by atoms with E-state index >= 15 is 0 Å². The molecule has 1 fully saturated rings. The van der Waals surface area contributed by atoms with Crippen molar-refractivity contribution in [1.82, 2.24) is 4.90 Å². The lowest BCUT2D eigenvalue weighted by Gasteiger charge is -2.23. The van der Waals surface area contributed by atoms with Crippen molar-refractivity contribution in [2.75, 3.05) is 6.61 Å². The third kappa shape index (κ3) is 3.45. The normalized spacial score (nSPS) is 21.8. The predicted octanol–water partition coefficient (Wildman–Crippen LogP) is 2.82. The number of imide groups is 1. The van der Waals surface area contributed by atoms with E-state index in [0.717, 1.165) is 12.8 Å². The van der Waals surface area contributed by atoms with Gasteiger partial charge in [0, 0.05) is 6.42 Å². The molecule has 0 aromatic carbocycles. The minimum atomic E-state index is -0.475. The first kappa shape index (κ1) is 14.0. The van der Waals surface area contributed by atoms with Crippen LogP contribution in [0.1, 0.15) is 47.0 Å². The SMILES string of the molecule is CCC[C@@H](C)CC(=O)N1C(=O)OC[C@H]1C(C)C. The molecule has 0 bridgehead atoms. The second kappa shape index (κ2) is 6.03. The second-order valence-electron chi connectivity index (χ2n) is 5.25. The molecule has 0 saturated carbocycles. The molecule has 4 nitrogen and oxygen atoms in total. The Morgan fingerprint density at radius 1 is 1.47 bits per heavy atom. The van der Waals surface area contributed by atoms with Gasteiger partial charge < -0.3 is 4.74 Å². The van der Waals surface area contributed by atoms with Gasteiger partial charge >= 0.3 is 6.09 Å². The van der Waals surface area contributed by atoms with E-state index in [-0.39, 0.29) is 17.9 Å². The number of amides is 2. The highest BCUT2D eigenvalue weighted by molar-refractivity contribution is 5.93. The fourth-order valence-corrected chi connectivity index (χ4v) is 2.20. The first-order valence-corrected chi connectivity index (χ1v) is 6.46. The molecule has 1 aliphatic rings. The van der Waals surface area contributed by atoms with Crippen LogP contribution in [0.3, 0.4) is 0 Å². The van der Waals surface area contributed by atoms with Crippen LogP contribution in [-0.4, -0.2) is 29.5 Å². The fourth-order valence-electron chi connectivity index (χ4n) is 2.20. The molecule has 1 aliphatic heterocycles. The highest BCUT2D eigenvalue weighted by Crippen LogP contribution is 2.22. The zero-order chi connectivity index (χ0) is 13.0. The number of cyclic esters (lactones) is 1. The van der Waals surface area contributed by atoms with E-state index in [1.54, 1.807) is 0 Å². The molecule has 17 heavy (non-hydrogen) atoms. The molecule has 0 aromatic rings. The maximum atomic E-state index is 12.1. The standard InChI is InChI=1S/C13H23NO3/c1-5-6-10(4)7-12(15)14-11(9(2)3)8-17-13(14)16/h9-11H,5-8H2,1-4H3/t10-,11+/m1/s1. The fraction of sp³-hybridized carbons (Fsp3) is 0.846. The van der Waals surface area contributed by atoms with Crippen molar-refractivity contribution in [1.29, 1.82) is 0 Å². The molecule has 1 rings (SSSR count). The van der Waals surface area contributed by atoms with Gasteiger partial charge in [0.2, 0.25) is 5.91 Å². The van der Waals surface area contributed by atoms with E-state index in [9.17, 15) is 9.59 Å². The Hall–Kier alpha value is -1.06. The predicted molar refractivity (Wildman–Crippen MR) is 65.5 cm³/mol. The lowest BCUT2D eigenvalue weighted by Crippen LogP contribution is -2.42. The summed E-state index contributed by atoms with van der Waals surface area (Å²) < 4.78 is 4.97. The molecule has 2 atom stereocenters. The molecular formula is C13H23NO3. The van der Waals surface area contributed by atoms with Crippen molar-refractivity contribution in [2.24, 2.45) is 11.8 Å². The van der Waals surface area contributed by atoms with Gasteiger partial charge in [-0.2, -0.15) is 0 Å². The Kier molecular flexibility index (Phi) is 4.97. The number of carbonyl (C=O) groups excluding carboxylic acids is 2. The van der Waals surface area contributed by atoms with Crippen molar-refractivity contribution < 1.29 is 14.3 Å². The number of carbonyl (C=O) groups is 2. The Bertz CT molecular complexity index is 288. The van der Waals surface area contributed by atoms with Crippen LogP contribution in [-0.2, 0) is 9.53 Å². The van der Waals surface area contributed by atoms with E-state index in [1.165, 1.54) is 4.90 Å². The lowest BCUT2D eigenvalue weighted by molar-refractivity contribution is -0.130. The summed E-state index contributed by atoms with van der Waals surface area (Å²) in [5.41, 5.74) is 0. The monoisotopic (exact) mass is 241 g/mol. The van der Waals surface area contributed by atoms with Crippen molar-refractivity contribution in [3.63, 3.8) is 0 Å². The summed E-state index contributed by atoms with van der Waals surface area (Å²) in [6.45, 7) is 8.49. The molecule has 98 valence electrons. The maximum Gasteiger partial charge on any atom is 0.416 e. The van der Waals surface area contributed by atoms with E-state index in [0.29, 0.717) is 18.9 Å². The quantitative estimate of drug-likeness (QED) is 0.743. The first-order valence-electron chi connectivity index (χ1n) is 6.46. The van der Waals surface area contributed by atoms with Gasteiger partial charge in [0.1, 0.15) is 6.61 Å². The molecule has 0 spiro atoms. The Morgan fingerprint density at radius 2 is 2.12 bits per heavy atom. The highest BCUT2D eigenvalue weighted by Gasteiger charge is 2.39. The third-order valence-electron chi connectivity index (χ3n) is 3.25. The minimum Gasteiger partial charge on any atom is -0.447 e. The van der Waals surface area contributed by atoms with Crippen LogP contribution in [0.15, 0.2) is 0 Å². The van der Waals surface area contributed by atoms with Crippen LogP contribution in [0.5, 0.6) is 0 Å². The molecule has 0 aromatic heterocycles. The zero-order valence-corrected chi connectivity index (χ0v) is 11.2. The largest absolute Gasteiger partial charge is 0.447 e. The number of ether oxygens (including phenoxy) is 1. The Balaban J connectivity index is 2.62. The number of hydrogen-bond acceptors (Lipinski definition) is 3. The van der Waals surface area contributed by atoms with Gasteiger partial charge in [0.05, 0.1) is 6.04 Å². The Morgan fingerprint density at radius 3 is 2.65 bits per heavy atom. The average molecular weight is 241 g/mol. The van der Waals surface area contributed by atoms with Crippen LogP contribution < -0.4 is 0 Å². The summed E-state index contributed by atoms with van der Waals surface area (Å²) in [4.78, 5) is 25.0. The second-order valence-corrected chi connectivity index (χ2v) is 5.25. The highest BCUT2D eigenvalue weighted by atomic mass is 16.6. The van der Waals surface area contributed by atoms with E-state index in [2.05, 4.69) is 6.92 Å². The molecule has 4 heteroatoms. The van der Waals surface area contributed by atoms with E-state index in [4.69, 9.17) is 4.74 Å². The van der Waals surface area contributed by atoms with Crippen molar-refractivity contribution in [3.05, 3.63) is 0 Å². The van der Waals surface area contributed by atoms with Crippen molar-refractivity contribution in [3.8, 4) is 0 Å². The van der Waals surface area contributed by atoms with Crippen molar-refractivity contribution in [2.45, 2.75) is 53.0 Å². The van der Waals surface area contributed by atoms with Gasteiger partial charge in [-0.1, -0.05) is 40.5 Å². The molecular weight excluding hydrogens is 218 g/mol. The van der Waals surface area contributed by atoms with Crippen LogP contribution in [0.25, 0.3) is 0 Å². The van der Waals surface area contributed by atoms with E-state index < -0.39 is 6.09 Å². The Labute approximate surface area is 103 Å². The molecule has 1 saturated heterocycles. The smallest absolute Gasteiger partial charge is 0.416 e. The summed E-state index contributed by atoms with van der Waals surface area (Å²) in [6, 6.07) is -0.0937. The third-order valence-corrected chi connectivity index (χ3v) is 3.25. The molecule has 0 radical (unpaired) electrons. The van der Waals surface area contributed by atoms with Crippen molar-refractivity contribution >= 4 is 12.0 Å². The topological polar surface area (TPSA) is 46.6 Å². The van der Waals surface area contributed by atoms with Gasteiger partial charge in [-0.3, -0.25) is 4.79 Å². The summed E-state index contributed by atoms with van der Waals surface area (Å²) >= 11 is 0. The number of nitrogens with zero attached hydrogens (tertiary/aromatic N) is 1. The van der Waals surface area contributed by atoms with Crippen LogP contribution in [0.2, 0.25) is 0 Å². The first-order chi connectivity index (χ1) is 7.97. The molecule has 0 unspecified atom stereocenters. The van der Waals surface area contributed by atoms with Gasteiger partial charge in [0.15, 0.2) is 0 Å². The molecule has 0 aliphatic carbocycles. The number of rotatable bonds is 5. The minimum absolute atomic E-state index is 0.0906. The van der Waals surface area contributed by atoms with Crippen LogP contribution >= 0.6 is 0 Å². The van der Waals surface area contributed by atoms with Gasteiger partial charge in [-0.15, -0.1) is 0 Å². The zero-order valence-electron chi connectivity index (χ0n) is 11.2. The summed E-state index contributed by atoms with van der Waals surface area (Å²) in [5, 5.41) is 0. The van der Waals surface area contributed by atoms with Gasteiger partial charge in [-0.25, -0.2) is 9.69 Å². The van der Waals surface area contributed by atoms with Gasteiger partial charge in [0.25, 0.3) is 0 Å². The molecule has 1 heterocycles. The summed E-state index contributed by atoms with van der Waals surface area (Å²) in [6.07, 6.45) is 2.04. The summed E-state index contributed by atoms with van der Waals surface area (Å²) in [7, 11) is 0. The van der Waals surface area contributed by atoms with Gasteiger partial charge in [-0.05, 0) is 11.8 Å². The van der Waals surface area contributed by atoms with E-state index in [1.807, 2.05) is 20.8 Å². The lowest BCUT2D eigenvalue weighted by atomic mass is 9.99.